The second kappa shape index (κ2) is 5.48. The van der Waals surface area contributed by atoms with Crippen molar-refractivity contribution in [3.05, 3.63) is 0 Å². The number of carboxylic acid groups (broad SMARTS) is 1. The van der Waals surface area contributed by atoms with Crippen LogP contribution in [0.25, 0.3) is 0 Å². The molecule has 0 unspecified atom stereocenters. The van der Waals surface area contributed by atoms with E-state index in [0.29, 0.717) is 0 Å². The monoisotopic (exact) mass is 204 g/mol. The Morgan fingerprint density at radius 1 is 1.40 bits per heavy atom. The summed E-state index contributed by atoms with van der Waals surface area (Å²) in [6.45, 7) is 0. The molecule has 10 heavy (non-hydrogen) atoms. The first-order chi connectivity index (χ1) is 4.42. The quantitative estimate of drug-likeness (QED) is 0.375. The van der Waals surface area contributed by atoms with Crippen LogP contribution in [-0.4, -0.2) is 15.2 Å². The van der Waals surface area contributed by atoms with E-state index in [1.54, 1.807) is 0 Å². The van der Waals surface area contributed by atoms with Crippen molar-refractivity contribution in [2.75, 3.05) is 0 Å². The molecule has 0 aliphatic carbocycles. The SMILES string of the molecule is C#C.O=C(O)OC(Cl)(Cl)Cl. The summed E-state index contributed by atoms with van der Waals surface area (Å²) < 4.78 is 1.49. The van der Waals surface area contributed by atoms with Gasteiger partial charge < -0.3 is 9.84 Å². The van der Waals surface area contributed by atoms with E-state index in [-0.39, 0.29) is 0 Å². The molecule has 6 heteroatoms. The van der Waals surface area contributed by atoms with E-state index >= 15 is 0 Å². The Morgan fingerprint density at radius 2 is 1.70 bits per heavy atom. The topological polar surface area (TPSA) is 46.5 Å². The third kappa shape index (κ3) is 15.6. The van der Waals surface area contributed by atoms with Gasteiger partial charge >= 0.3 is 10.1 Å². The molecule has 0 saturated carbocycles. The number of carbonyl (C=O) groups is 1. The lowest BCUT2D eigenvalue weighted by Crippen LogP contribution is -2.13. The average molecular weight is 205 g/mol. The molecule has 0 rings (SSSR count). The molecule has 0 aromatic rings. The summed E-state index contributed by atoms with van der Waals surface area (Å²) in [6.07, 6.45) is 6.38. The molecule has 0 aromatic carbocycles. The Morgan fingerprint density at radius 3 is 1.70 bits per heavy atom. The molecule has 3 nitrogen and oxygen atoms in total. The normalized spacial score (nSPS) is 8.90. The zero-order valence-electron chi connectivity index (χ0n) is 4.55. The average Bonchev–Trinajstić information content (AvgIpc) is 1.64. The Kier molecular flexibility index (Phi) is 6.79. The molecule has 0 bridgehead atoms. The number of hydrogen-bond donors (Lipinski definition) is 1. The minimum Gasteiger partial charge on any atom is -0.450 e. The fourth-order valence-electron chi connectivity index (χ4n) is 0.0990. The summed E-state index contributed by atoms with van der Waals surface area (Å²) in [5, 5.41) is 7.77. The summed E-state index contributed by atoms with van der Waals surface area (Å²) in [5.41, 5.74) is 0. The number of hydrogen-bond acceptors (Lipinski definition) is 2. The van der Waals surface area contributed by atoms with Crippen LogP contribution in [0.2, 0.25) is 0 Å². The minimum absolute atomic E-state index is 1.62. The molecule has 0 aromatic heterocycles. The van der Waals surface area contributed by atoms with Crippen LogP contribution in [-0.2, 0) is 4.74 Å². The summed E-state index contributed by atoms with van der Waals surface area (Å²) in [6, 6.07) is 0. The van der Waals surface area contributed by atoms with E-state index in [2.05, 4.69) is 17.6 Å². The van der Waals surface area contributed by atoms with Gasteiger partial charge in [-0.05, 0) is 34.8 Å². The summed E-state index contributed by atoms with van der Waals surface area (Å²) in [5.74, 6) is 0. The van der Waals surface area contributed by atoms with Crippen LogP contribution < -0.4 is 0 Å². The van der Waals surface area contributed by atoms with Crippen molar-refractivity contribution < 1.29 is 14.6 Å². The van der Waals surface area contributed by atoms with E-state index in [0.717, 1.165) is 0 Å². The molecule has 1 N–H and O–H groups in total. The standard InChI is InChI=1S/C2HCl3O3.C2H2/c3-2(4,5)8-1(6)7;1-2/h(H,6,7);1-2H. The molecule has 0 radical (unpaired) electrons. The van der Waals surface area contributed by atoms with Gasteiger partial charge in [-0.25, -0.2) is 4.79 Å². The van der Waals surface area contributed by atoms with Crippen LogP contribution in [0, 0.1) is 12.8 Å². The predicted octanol–water partition coefficient (Wildman–Crippen LogP) is 2.26. The second-order valence-electron chi connectivity index (χ2n) is 0.814. The molecule has 0 aliphatic rings. The maximum atomic E-state index is 9.54. The van der Waals surface area contributed by atoms with Gasteiger partial charge in [0, 0.05) is 0 Å². The van der Waals surface area contributed by atoms with Crippen LogP contribution in [0.5, 0.6) is 0 Å². The van der Waals surface area contributed by atoms with E-state index in [1.807, 2.05) is 0 Å². The van der Waals surface area contributed by atoms with Gasteiger partial charge in [0.15, 0.2) is 0 Å². The van der Waals surface area contributed by atoms with Crippen LogP contribution in [0.3, 0.4) is 0 Å². The Balaban J connectivity index is 0. The Hall–Kier alpha value is -0.300. The minimum atomic E-state index is -2.16. The summed E-state index contributed by atoms with van der Waals surface area (Å²) in [4.78, 5) is 9.54. The lowest BCUT2D eigenvalue weighted by atomic mass is 11.3. The van der Waals surface area contributed by atoms with Crippen molar-refractivity contribution in [3.8, 4) is 12.8 Å². The van der Waals surface area contributed by atoms with Gasteiger partial charge in [0.1, 0.15) is 0 Å². The smallest absolute Gasteiger partial charge is 0.450 e. The highest BCUT2D eigenvalue weighted by Gasteiger charge is 2.24. The molecule has 0 atom stereocenters. The number of alkyl halides is 3. The number of terminal acetylenes is 1. The first-order valence-electron chi connectivity index (χ1n) is 1.74. The molecular weight excluding hydrogens is 202 g/mol. The fourth-order valence-corrected chi connectivity index (χ4v) is 0.297. The van der Waals surface area contributed by atoms with Crippen molar-refractivity contribution >= 4 is 41.0 Å². The van der Waals surface area contributed by atoms with Gasteiger partial charge in [0.05, 0.1) is 0 Å². The lowest BCUT2D eigenvalue weighted by Gasteiger charge is -2.06. The van der Waals surface area contributed by atoms with Crippen molar-refractivity contribution in [1.29, 1.82) is 0 Å². The van der Waals surface area contributed by atoms with Crippen molar-refractivity contribution in [2.24, 2.45) is 0 Å². The van der Waals surface area contributed by atoms with Gasteiger partial charge in [-0.15, -0.1) is 12.8 Å². The highest BCUT2D eigenvalue weighted by atomic mass is 35.6. The predicted molar refractivity (Wildman–Crippen MR) is 39.3 cm³/mol. The maximum Gasteiger partial charge on any atom is 0.509 e. The number of ether oxygens (including phenoxy) is 1. The molecule has 0 aliphatic heterocycles. The van der Waals surface area contributed by atoms with Gasteiger partial charge in [0.25, 0.3) is 0 Å². The molecule has 0 saturated heterocycles. The van der Waals surface area contributed by atoms with Crippen molar-refractivity contribution in [3.63, 3.8) is 0 Å². The highest BCUT2D eigenvalue weighted by molar-refractivity contribution is 6.66. The fraction of sp³-hybridized carbons (Fsp3) is 0.250. The first-order valence-corrected chi connectivity index (χ1v) is 2.87. The van der Waals surface area contributed by atoms with Gasteiger partial charge in [-0.2, -0.15) is 0 Å². The third-order valence-corrected chi connectivity index (χ3v) is 0.434. The summed E-state index contributed by atoms with van der Waals surface area (Å²) in [7, 11) is 0. The van der Waals surface area contributed by atoms with E-state index in [4.69, 9.17) is 39.9 Å². The van der Waals surface area contributed by atoms with Gasteiger partial charge in [0.2, 0.25) is 0 Å². The van der Waals surface area contributed by atoms with Gasteiger partial charge in [-0.3, -0.25) is 0 Å². The van der Waals surface area contributed by atoms with Crippen LogP contribution >= 0.6 is 34.8 Å². The second-order valence-corrected chi connectivity index (χ2v) is 2.99. The van der Waals surface area contributed by atoms with E-state index in [1.165, 1.54) is 0 Å². The van der Waals surface area contributed by atoms with Crippen LogP contribution in [0.4, 0.5) is 4.79 Å². The van der Waals surface area contributed by atoms with Crippen LogP contribution in [0.15, 0.2) is 0 Å². The zero-order chi connectivity index (χ0) is 8.78. The Bertz CT molecular complexity index is 125. The molecule has 0 amide bonds. The highest BCUT2D eigenvalue weighted by Crippen LogP contribution is 2.26. The molecule has 0 heterocycles. The molecule has 58 valence electrons. The van der Waals surface area contributed by atoms with Crippen molar-refractivity contribution in [2.45, 2.75) is 3.98 Å². The van der Waals surface area contributed by atoms with E-state index in [9.17, 15) is 4.79 Å². The largest absolute Gasteiger partial charge is 0.509 e. The maximum absolute atomic E-state index is 9.54. The molecule has 0 fully saturated rings. The lowest BCUT2D eigenvalue weighted by molar-refractivity contribution is 0.0893. The van der Waals surface area contributed by atoms with Gasteiger partial charge in [-0.1, -0.05) is 0 Å². The first kappa shape index (κ1) is 12.4. The number of rotatable bonds is 0. The Labute approximate surface area is 72.8 Å². The summed E-state index contributed by atoms with van der Waals surface area (Å²) >= 11 is 14.6. The molecular formula is C4H3Cl3O3. The van der Waals surface area contributed by atoms with Crippen LogP contribution in [0.1, 0.15) is 0 Å². The third-order valence-electron chi connectivity index (χ3n) is 0.203. The zero-order valence-corrected chi connectivity index (χ0v) is 6.82. The number of halogens is 3. The van der Waals surface area contributed by atoms with Crippen molar-refractivity contribution in [1.82, 2.24) is 0 Å². The van der Waals surface area contributed by atoms with E-state index < -0.39 is 10.1 Å². The molecule has 0 spiro atoms.